The van der Waals surface area contributed by atoms with Crippen molar-refractivity contribution in [3.05, 3.63) is 223 Å². The maximum absolute atomic E-state index is 6.13. The summed E-state index contributed by atoms with van der Waals surface area (Å²) >= 11 is 10.2. The summed E-state index contributed by atoms with van der Waals surface area (Å²) in [5, 5.41) is 5.61. The summed E-state index contributed by atoms with van der Waals surface area (Å²) in [6.07, 6.45) is 0. The van der Waals surface area contributed by atoms with Crippen molar-refractivity contribution < 1.29 is 49.7 Å². The van der Waals surface area contributed by atoms with Crippen molar-refractivity contribution in [3.63, 3.8) is 0 Å². The number of alkyl halides is 3. The number of nitrogens with one attached hydrogen (secondary N) is 1. The summed E-state index contributed by atoms with van der Waals surface area (Å²) < 4.78 is 14.1. The largest absolute Gasteiger partial charge is 0.453 e. The molecule has 0 atom stereocenters. The first-order valence-electron chi connectivity index (χ1n) is 20.7. The maximum Gasteiger partial charge on any atom is 0.151 e. The van der Waals surface area contributed by atoms with Gasteiger partial charge in [-0.25, -0.2) is 0 Å². The minimum Gasteiger partial charge on any atom is -0.453 e. The number of halogens is 4. The van der Waals surface area contributed by atoms with Crippen LogP contribution in [0.3, 0.4) is 0 Å². The van der Waals surface area contributed by atoms with Crippen LogP contribution in [0, 0.1) is 12.1 Å². The molecule has 69 heavy (non-hydrogen) atoms. The van der Waals surface area contributed by atoms with Gasteiger partial charge in [0.15, 0.2) is 23.0 Å². The molecule has 8 aromatic carbocycles. The van der Waals surface area contributed by atoms with Crippen molar-refractivity contribution in [2.24, 2.45) is 0 Å². The molecule has 352 valence electrons. The van der Waals surface area contributed by atoms with E-state index in [1.807, 2.05) is 157 Å². The van der Waals surface area contributed by atoms with Gasteiger partial charge in [-0.05, 0) is 93.4 Å². The normalized spacial score (nSPS) is 10.7. The molecule has 2 radical (unpaired) electrons. The molecule has 4 heterocycles. The zero-order valence-electron chi connectivity index (χ0n) is 36.2. The maximum atomic E-state index is 6.13. The minimum absolute atomic E-state index is 0. The van der Waals surface area contributed by atoms with Gasteiger partial charge in [0.05, 0.1) is 36.2 Å². The number of fused-ring (bicyclic) bond motifs is 6. The molecule has 2 aliphatic rings. The Morgan fingerprint density at radius 2 is 0.913 bits per heavy atom. The molecule has 1 N–H and O–H groups in total. The van der Waals surface area contributed by atoms with E-state index in [0.29, 0.717) is 0 Å². The number of benzene rings is 8. The standard InChI is InChI=1S/C27H17N2O.C15H9BrN.C12H9NO.CH2I2.CH3I.CH4.2Ir/c1-2-11-22-19(8-1)16-17-23(28-22)20-9-7-10-21(18-20)29-24-12-3-5-14-26(24)30-27-15-6-4-13-25(27)29;16-13-6-3-5-12(10-13)15-9-8-11-4-1-2-7-14(11)17-15;1-3-7-11-9(5-1)13-10-6-2-4-8-12(10)14-11;2-1-3;1-2;;;/h1-8,10-18H;1-4,6-10H;1-8,13H;1H2;1H3;1H4;;/q2*-1;;;;;;. The van der Waals surface area contributed by atoms with E-state index in [1.165, 1.54) is 2.43 Å². The number of hydrogen-bond donors (Lipinski definition) is 1. The van der Waals surface area contributed by atoms with Crippen molar-refractivity contribution in [3.8, 4) is 45.5 Å². The number of aromatic nitrogens is 2. The SMILES string of the molecule is Brc1cc[c-]c(-c2ccc3ccccc3n2)c1.C.CI.ICI.[Ir].[Ir].[c-]1ccc(N2c3ccccc3Oc3ccccc32)cc1-c1ccc2ccccc2n1.c1ccc2c(c1)Nc1ccccc1O2. The van der Waals surface area contributed by atoms with Crippen LogP contribution in [0.1, 0.15) is 7.43 Å². The zero-order valence-corrected chi connectivity index (χ0v) is 49.0. The second-order valence-corrected chi connectivity index (χ2v) is 19.7. The molecule has 0 spiro atoms. The van der Waals surface area contributed by atoms with E-state index in [9.17, 15) is 0 Å². The second-order valence-electron chi connectivity index (χ2n) is 14.4. The summed E-state index contributed by atoms with van der Waals surface area (Å²) in [7, 11) is 0. The molecule has 0 aliphatic carbocycles. The van der Waals surface area contributed by atoms with E-state index in [1.54, 1.807) is 0 Å². The molecule has 0 saturated heterocycles. The van der Waals surface area contributed by atoms with E-state index in [-0.39, 0.29) is 47.6 Å². The predicted octanol–water partition coefficient (Wildman–Crippen LogP) is 18.8. The van der Waals surface area contributed by atoms with Gasteiger partial charge < -0.3 is 19.7 Å². The van der Waals surface area contributed by atoms with Gasteiger partial charge in [0.1, 0.15) is 0 Å². The number of para-hydroxylation sites is 10. The van der Waals surface area contributed by atoms with E-state index >= 15 is 0 Å². The Hall–Kier alpha value is -4.25. The smallest absolute Gasteiger partial charge is 0.151 e. The second kappa shape index (κ2) is 28.0. The third-order valence-electron chi connectivity index (χ3n) is 10.3. The third kappa shape index (κ3) is 14.0. The Morgan fingerprint density at radius 1 is 0.507 bits per heavy atom. The van der Waals surface area contributed by atoms with Gasteiger partial charge in [-0.2, -0.15) is 0 Å². The van der Waals surface area contributed by atoms with Crippen molar-refractivity contribution in [1.82, 2.24) is 9.97 Å². The third-order valence-corrected chi connectivity index (χ3v) is 10.7. The predicted molar refractivity (Wildman–Crippen MR) is 310 cm³/mol. The molecule has 10 aromatic rings. The number of nitrogens with zero attached hydrogens (tertiary/aromatic N) is 3. The van der Waals surface area contributed by atoms with E-state index in [4.69, 9.17) is 14.5 Å². The fourth-order valence-corrected chi connectivity index (χ4v) is 7.69. The van der Waals surface area contributed by atoms with Crippen LogP contribution in [-0.4, -0.2) is 17.3 Å². The fourth-order valence-electron chi connectivity index (χ4n) is 7.32. The van der Waals surface area contributed by atoms with Crippen molar-refractivity contribution in [1.29, 1.82) is 0 Å². The van der Waals surface area contributed by atoms with Crippen molar-refractivity contribution in [2.75, 3.05) is 17.6 Å². The number of hydrogen-bond acceptors (Lipinski definition) is 6. The molecular weight excluding hydrogens is 1620 g/mol. The molecule has 12 rings (SSSR count). The van der Waals surface area contributed by atoms with Gasteiger partial charge in [0.2, 0.25) is 0 Å². The Bertz CT molecular complexity index is 3100. The van der Waals surface area contributed by atoms with Gasteiger partial charge in [-0.3, -0.25) is 9.97 Å². The summed E-state index contributed by atoms with van der Waals surface area (Å²) in [6.45, 7) is 0. The summed E-state index contributed by atoms with van der Waals surface area (Å²) in [5.41, 5.74) is 10.9. The van der Waals surface area contributed by atoms with Crippen LogP contribution < -0.4 is 19.7 Å². The number of ether oxygens (including phenoxy) is 2. The van der Waals surface area contributed by atoms with Crippen molar-refractivity contribution >= 4 is 134 Å². The average molecular weight is 1660 g/mol. The zero-order chi connectivity index (χ0) is 45.7. The molecule has 2 aliphatic heterocycles. The fraction of sp³-hybridized carbons (Fsp3) is 0.0526. The van der Waals surface area contributed by atoms with E-state index in [2.05, 4.69) is 166 Å². The van der Waals surface area contributed by atoms with Crippen LogP contribution in [0.4, 0.5) is 28.4 Å². The molecule has 0 saturated carbocycles. The summed E-state index contributed by atoms with van der Waals surface area (Å²) in [6, 6.07) is 75.2. The molecule has 2 aromatic heterocycles. The Balaban J connectivity index is 0.000000195. The first-order valence-corrected chi connectivity index (χ1v) is 26.7. The molecule has 0 unspecified atom stereocenters. The van der Waals surface area contributed by atoms with E-state index in [0.717, 1.165) is 100 Å². The first kappa shape index (κ1) is 55.7. The molecule has 0 bridgehead atoms. The minimum atomic E-state index is 0. The van der Waals surface area contributed by atoms with Gasteiger partial charge in [-0.15, -0.1) is 59.7 Å². The van der Waals surface area contributed by atoms with Gasteiger partial charge in [-0.1, -0.05) is 205 Å². The van der Waals surface area contributed by atoms with Crippen LogP contribution in [0.25, 0.3) is 44.3 Å². The number of rotatable bonds is 3. The average Bonchev–Trinajstić information content (AvgIpc) is 3.38. The molecule has 12 heteroatoms. The molecular formula is C57H44BrI3Ir2N4O2-2. The number of pyridine rings is 2. The Morgan fingerprint density at radius 3 is 1.42 bits per heavy atom. The Kier molecular flexibility index (Phi) is 22.6. The first-order chi connectivity index (χ1) is 32.5. The van der Waals surface area contributed by atoms with Gasteiger partial charge in [0, 0.05) is 40.2 Å². The van der Waals surface area contributed by atoms with Crippen LogP contribution in [0.5, 0.6) is 23.0 Å². The van der Waals surface area contributed by atoms with Gasteiger partial charge in [0.25, 0.3) is 0 Å². The number of anilines is 5. The summed E-state index contributed by atoms with van der Waals surface area (Å²) in [4.78, 5) is 13.7. The van der Waals surface area contributed by atoms with E-state index < -0.39 is 0 Å². The molecule has 0 amide bonds. The van der Waals surface area contributed by atoms with Crippen LogP contribution >= 0.6 is 83.7 Å². The van der Waals surface area contributed by atoms with Crippen molar-refractivity contribution in [2.45, 2.75) is 7.43 Å². The van der Waals surface area contributed by atoms with Crippen LogP contribution in [0.15, 0.2) is 211 Å². The quantitative estimate of drug-likeness (QED) is 0.108. The van der Waals surface area contributed by atoms with Gasteiger partial charge >= 0.3 is 0 Å². The van der Waals surface area contributed by atoms with Crippen LogP contribution in [-0.2, 0) is 40.2 Å². The van der Waals surface area contributed by atoms with Crippen LogP contribution in [0.2, 0.25) is 0 Å². The Labute approximate surface area is 481 Å². The molecule has 0 fully saturated rings. The topological polar surface area (TPSA) is 59.5 Å². The molecule has 6 nitrogen and oxygen atoms in total. The summed E-state index contributed by atoms with van der Waals surface area (Å²) in [5.74, 6) is 3.45. The monoisotopic (exact) mass is 1660 g/mol.